The van der Waals surface area contributed by atoms with E-state index in [-0.39, 0.29) is 45.2 Å². The van der Waals surface area contributed by atoms with Gasteiger partial charge in [-0.3, -0.25) is 15.1 Å². The van der Waals surface area contributed by atoms with E-state index in [1.54, 1.807) is 18.2 Å². The fourth-order valence-electron chi connectivity index (χ4n) is 4.18. The van der Waals surface area contributed by atoms with Crippen LogP contribution in [0.5, 0.6) is 5.75 Å². The van der Waals surface area contributed by atoms with Gasteiger partial charge in [0.2, 0.25) is 0 Å². The van der Waals surface area contributed by atoms with Crippen LogP contribution in [0.3, 0.4) is 0 Å². The van der Waals surface area contributed by atoms with Crippen molar-refractivity contribution in [3.63, 3.8) is 0 Å². The van der Waals surface area contributed by atoms with Crippen LogP contribution in [-0.4, -0.2) is 27.8 Å². The number of nitrogens with one attached hydrogen (secondary N) is 1. The predicted octanol–water partition coefficient (Wildman–Crippen LogP) is 6.41. The number of phenolic OH excluding ortho intramolecular Hbond substituents is 1. The van der Waals surface area contributed by atoms with E-state index < -0.39 is 29.4 Å². The Bertz CT molecular complexity index is 1650. The fraction of sp³-hybridized carbons (Fsp3) is 0.0357. The number of carboxylic acids is 1. The van der Waals surface area contributed by atoms with E-state index in [0.717, 1.165) is 35.2 Å². The molecule has 196 valence electrons. The maximum atomic E-state index is 13.5. The smallest absolute Gasteiger partial charge is 0.416 e. The number of hydrogen-bond acceptors (Lipinski definition) is 5. The van der Waals surface area contributed by atoms with Gasteiger partial charge in [-0.2, -0.15) is 18.3 Å². The Labute approximate surface area is 218 Å². The third-order valence-electron chi connectivity index (χ3n) is 6.06. The standard InChI is InChI=1S/C28H17F4N3O4/c29-18-8-10-19(11-9-18)35-23-14-17(28(30,31)32)7-12-21(23)24(26(35)37)34-33-22-6-2-5-20(25(22)36)15-3-1-4-16(13-15)27(38)39/h1-14,33,36H,(H,38,39). The monoisotopic (exact) mass is 535 g/mol. The molecule has 1 aliphatic rings. The van der Waals surface area contributed by atoms with Crippen molar-refractivity contribution < 1.29 is 37.4 Å². The number of aromatic hydroxyl groups is 1. The van der Waals surface area contributed by atoms with Crippen molar-refractivity contribution in [1.29, 1.82) is 0 Å². The molecule has 0 saturated heterocycles. The number of rotatable bonds is 5. The Morgan fingerprint density at radius 2 is 1.62 bits per heavy atom. The average molecular weight is 535 g/mol. The molecule has 1 aliphatic heterocycles. The van der Waals surface area contributed by atoms with Gasteiger partial charge in [0, 0.05) is 16.8 Å². The minimum Gasteiger partial charge on any atom is -0.505 e. The topological polar surface area (TPSA) is 102 Å². The number of hydrogen-bond donors (Lipinski definition) is 3. The van der Waals surface area contributed by atoms with Crippen LogP contribution in [0.1, 0.15) is 21.5 Å². The number of nitrogens with zero attached hydrogens (tertiary/aromatic N) is 2. The van der Waals surface area contributed by atoms with Gasteiger partial charge in [-0.1, -0.05) is 24.3 Å². The first-order valence-corrected chi connectivity index (χ1v) is 11.4. The predicted molar refractivity (Wildman–Crippen MR) is 136 cm³/mol. The van der Waals surface area contributed by atoms with E-state index in [1.165, 1.54) is 36.4 Å². The summed E-state index contributed by atoms with van der Waals surface area (Å²) in [5.41, 5.74) is 2.27. The number of hydrazone groups is 1. The highest BCUT2D eigenvalue weighted by atomic mass is 19.4. The van der Waals surface area contributed by atoms with Crippen LogP contribution in [0.2, 0.25) is 0 Å². The molecular formula is C28H17F4N3O4. The Morgan fingerprint density at radius 3 is 2.31 bits per heavy atom. The van der Waals surface area contributed by atoms with Gasteiger partial charge >= 0.3 is 12.1 Å². The molecule has 0 aromatic heterocycles. The normalized spacial score (nSPS) is 14.0. The summed E-state index contributed by atoms with van der Waals surface area (Å²) in [6.45, 7) is 0. The molecule has 0 aliphatic carbocycles. The summed E-state index contributed by atoms with van der Waals surface area (Å²) in [5, 5.41) is 24.2. The summed E-state index contributed by atoms with van der Waals surface area (Å²) < 4.78 is 53.8. The molecule has 4 aromatic rings. The van der Waals surface area contributed by atoms with Crippen LogP contribution in [0.25, 0.3) is 11.1 Å². The summed E-state index contributed by atoms with van der Waals surface area (Å²) in [6.07, 6.45) is -4.67. The van der Waals surface area contributed by atoms with Crippen LogP contribution in [0.4, 0.5) is 34.6 Å². The number of alkyl halides is 3. The molecule has 39 heavy (non-hydrogen) atoms. The van der Waals surface area contributed by atoms with Crippen LogP contribution in [-0.2, 0) is 11.0 Å². The lowest BCUT2D eigenvalue weighted by molar-refractivity contribution is -0.137. The first kappa shape index (κ1) is 25.5. The van der Waals surface area contributed by atoms with Gasteiger partial charge in [-0.15, -0.1) is 0 Å². The Hall–Kier alpha value is -5.19. The van der Waals surface area contributed by atoms with Gasteiger partial charge in [0.15, 0.2) is 5.71 Å². The minimum absolute atomic E-state index is 0.0118. The van der Waals surface area contributed by atoms with Crippen molar-refractivity contribution >= 4 is 34.7 Å². The van der Waals surface area contributed by atoms with Gasteiger partial charge < -0.3 is 10.2 Å². The third kappa shape index (κ3) is 4.77. The van der Waals surface area contributed by atoms with E-state index in [1.807, 2.05) is 0 Å². The highest BCUT2D eigenvalue weighted by Crippen LogP contribution is 2.41. The van der Waals surface area contributed by atoms with Crippen molar-refractivity contribution in [1.82, 2.24) is 0 Å². The molecular weight excluding hydrogens is 518 g/mol. The van der Waals surface area contributed by atoms with Crippen molar-refractivity contribution in [3.8, 4) is 16.9 Å². The Balaban J connectivity index is 1.55. The second-order valence-electron chi connectivity index (χ2n) is 8.51. The molecule has 11 heteroatoms. The lowest BCUT2D eigenvalue weighted by Gasteiger charge is -2.18. The lowest BCUT2D eigenvalue weighted by Crippen LogP contribution is -2.26. The molecule has 0 spiro atoms. The first-order chi connectivity index (χ1) is 18.5. The second-order valence-corrected chi connectivity index (χ2v) is 8.51. The SMILES string of the molecule is O=C(O)c1cccc(-c2cccc(NN=C3C(=O)N(c4ccc(F)cc4)c4cc(C(F)(F)F)ccc43)c2O)c1. The zero-order valence-electron chi connectivity index (χ0n) is 19.7. The molecule has 0 fully saturated rings. The number of carbonyl (C=O) groups excluding carboxylic acids is 1. The molecule has 5 rings (SSSR count). The maximum absolute atomic E-state index is 13.5. The van der Waals surface area contributed by atoms with E-state index in [2.05, 4.69) is 10.5 Å². The number of amides is 1. The molecule has 3 N–H and O–H groups in total. The Morgan fingerprint density at radius 1 is 0.897 bits per heavy atom. The summed E-state index contributed by atoms with van der Waals surface area (Å²) in [7, 11) is 0. The van der Waals surface area contributed by atoms with E-state index in [9.17, 15) is 37.4 Å². The zero-order valence-corrected chi connectivity index (χ0v) is 19.7. The number of para-hydroxylation sites is 1. The summed E-state index contributed by atoms with van der Waals surface area (Å²) in [4.78, 5) is 25.7. The molecule has 1 heterocycles. The molecule has 0 saturated carbocycles. The highest BCUT2D eigenvalue weighted by Gasteiger charge is 2.39. The number of aromatic carboxylic acids is 1. The van der Waals surface area contributed by atoms with E-state index in [0.29, 0.717) is 5.56 Å². The summed E-state index contributed by atoms with van der Waals surface area (Å²) >= 11 is 0. The largest absolute Gasteiger partial charge is 0.505 e. The number of phenols is 1. The highest BCUT2D eigenvalue weighted by molar-refractivity contribution is 6.55. The molecule has 4 aromatic carbocycles. The van der Waals surface area contributed by atoms with Crippen molar-refractivity contribution in [3.05, 3.63) is 107 Å². The van der Waals surface area contributed by atoms with Gasteiger partial charge in [0.05, 0.1) is 22.5 Å². The Kier molecular flexibility index (Phi) is 6.27. The fourth-order valence-corrected chi connectivity index (χ4v) is 4.18. The van der Waals surface area contributed by atoms with Crippen LogP contribution in [0, 0.1) is 5.82 Å². The number of carboxylic acid groups (broad SMARTS) is 1. The maximum Gasteiger partial charge on any atom is 0.416 e. The van der Waals surface area contributed by atoms with E-state index >= 15 is 0 Å². The van der Waals surface area contributed by atoms with Crippen molar-refractivity contribution in [2.24, 2.45) is 5.10 Å². The third-order valence-corrected chi connectivity index (χ3v) is 6.06. The number of benzene rings is 4. The first-order valence-electron chi connectivity index (χ1n) is 11.4. The zero-order chi connectivity index (χ0) is 27.9. The van der Waals surface area contributed by atoms with E-state index in [4.69, 9.17) is 0 Å². The van der Waals surface area contributed by atoms with Crippen LogP contribution in [0.15, 0.2) is 90.0 Å². The van der Waals surface area contributed by atoms with Crippen LogP contribution < -0.4 is 10.3 Å². The van der Waals surface area contributed by atoms with Gasteiger partial charge in [-0.25, -0.2) is 9.18 Å². The number of anilines is 3. The molecule has 0 atom stereocenters. The van der Waals surface area contributed by atoms with Gasteiger partial charge in [0.1, 0.15) is 11.6 Å². The van der Waals surface area contributed by atoms with Crippen LogP contribution >= 0.6 is 0 Å². The van der Waals surface area contributed by atoms with Gasteiger partial charge in [0.25, 0.3) is 5.91 Å². The number of fused-ring (bicyclic) bond motifs is 1. The molecule has 0 radical (unpaired) electrons. The quantitative estimate of drug-likeness (QED) is 0.156. The minimum atomic E-state index is -4.67. The summed E-state index contributed by atoms with van der Waals surface area (Å²) in [5.74, 6) is -2.80. The molecule has 7 nitrogen and oxygen atoms in total. The molecule has 1 amide bonds. The van der Waals surface area contributed by atoms with Gasteiger partial charge in [-0.05, 0) is 66.2 Å². The van der Waals surface area contributed by atoms with Crippen molar-refractivity contribution in [2.75, 3.05) is 10.3 Å². The number of halogens is 4. The second kappa shape index (κ2) is 9.60. The van der Waals surface area contributed by atoms with Crippen molar-refractivity contribution in [2.45, 2.75) is 6.18 Å². The number of carbonyl (C=O) groups is 2. The lowest BCUT2D eigenvalue weighted by atomic mass is 10.0. The average Bonchev–Trinajstić information content (AvgIpc) is 3.18. The summed E-state index contributed by atoms with van der Waals surface area (Å²) in [6, 6.07) is 17.9. The molecule has 0 bridgehead atoms. The molecule has 0 unspecified atom stereocenters.